The van der Waals surface area contributed by atoms with Gasteiger partial charge in [-0.1, -0.05) is 23.7 Å². The van der Waals surface area contributed by atoms with Crippen LogP contribution in [0.4, 0.5) is 26.3 Å². The molecular formula is C26H16ClF6N11. The van der Waals surface area contributed by atoms with Crippen molar-refractivity contribution in [3.05, 3.63) is 102 Å². The summed E-state index contributed by atoms with van der Waals surface area (Å²) in [6, 6.07) is 7.40. The van der Waals surface area contributed by atoms with Gasteiger partial charge in [-0.3, -0.25) is 14.6 Å². The quantitative estimate of drug-likeness (QED) is 0.199. The number of aromatic nitrogens is 11. The molecule has 18 heteroatoms. The molecule has 224 valence electrons. The highest BCUT2D eigenvalue weighted by atomic mass is 35.5. The van der Waals surface area contributed by atoms with Gasteiger partial charge in [0.2, 0.25) is 0 Å². The summed E-state index contributed by atoms with van der Waals surface area (Å²) in [7, 11) is 0. The molecule has 5 heterocycles. The van der Waals surface area contributed by atoms with Crippen LogP contribution in [0.5, 0.6) is 0 Å². The normalized spacial score (nSPS) is 12.6. The van der Waals surface area contributed by atoms with Crippen molar-refractivity contribution in [1.82, 2.24) is 54.7 Å². The van der Waals surface area contributed by atoms with E-state index in [0.717, 1.165) is 18.6 Å². The van der Waals surface area contributed by atoms with Crippen molar-refractivity contribution in [2.24, 2.45) is 0 Å². The summed E-state index contributed by atoms with van der Waals surface area (Å²) in [5.74, 6) is -0.877. The van der Waals surface area contributed by atoms with E-state index in [9.17, 15) is 22.0 Å². The second-order valence-corrected chi connectivity index (χ2v) is 9.67. The Bertz CT molecular complexity index is 1890. The molecule has 0 saturated carbocycles. The molecule has 0 N–H and O–H groups in total. The lowest BCUT2D eigenvalue weighted by molar-refractivity contribution is -0.141. The van der Waals surface area contributed by atoms with Crippen molar-refractivity contribution in [2.75, 3.05) is 0 Å². The monoisotopic (exact) mass is 631 g/mol. The van der Waals surface area contributed by atoms with Crippen LogP contribution < -0.4 is 0 Å². The van der Waals surface area contributed by atoms with E-state index < -0.39 is 30.3 Å². The van der Waals surface area contributed by atoms with Crippen LogP contribution in [0.15, 0.2) is 73.8 Å². The van der Waals surface area contributed by atoms with Crippen molar-refractivity contribution in [3.63, 3.8) is 0 Å². The van der Waals surface area contributed by atoms with Gasteiger partial charge in [0, 0.05) is 36.1 Å². The third-order valence-electron chi connectivity index (χ3n) is 6.57. The zero-order chi connectivity index (χ0) is 31.0. The van der Waals surface area contributed by atoms with Crippen molar-refractivity contribution >= 4 is 11.6 Å². The van der Waals surface area contributed by atoms with Crippen LogP contribution in [0, 0.1) is 5.82 Å². The number of tetrazole rings is 1. The van der Waals surface area contributed by atoms with Gasteiger partial charge < -0.3 is 0 Å². The maximum atomic E-state index is 15.3. The number of rotatable bonds is 8. The molecular weight excluding hydrogens is 616 g/mol. The molecule has 1 atom stereocenters. The summed E-state index contributed by atoms with van der Waals surface area (Å²) in [6.45, 7) is -2.95. The Balaban J connectivity index is 1.40. The minimum Gasteiger partial charge on any atom is -0.263 e. The minimum absolute atomic E-state index is 0.0571. The van der Waals surface area contributed by atoms with Crippen molar-refractivity contribution < 1.29 is 26.3 Å². The average molecular weight is 632 g/mol. The fraction of sp³-hybridized carbons (Fsp3) is 0.154. The zero-order valence-electron chi connectivity index (χ0n) is 21.9. The Morgan fingerprint density at radius 1 is 0.886 bits per heavy atom. The summed E-state index contributed by atoms with van der Waals surface area (Å²) in [5.41, 5.74) is 0.602. The summed E-state index contributed by atoms with van der Waals surface area (Å²) in [5, 5.41) is 18.7. The predicted molar refractivity (Wildman–Crippen MR) is 141 cm³/mol. The minimum atomic E-state index is -4.62. The zero-order valence-corrected chi connectivity index (χ0v) is 22.6. The third-order valence-corrected chi connectivity index (χ3v) is 6.86. The Kier molecular flexibility index (Phi) is 7.54. The molecule has 0 amide bonds. The van der Waals surface area contributed by atoms with E-state index in [1.54, 1.807) is 12.1 Å². The standard InChI is InChI=1S/C26H16ClF6N11/c27-17-3-5-19(43-13-37-40-41-43)22(23(17)28)15-2-4-18(34-9-15)20(7-14-1-6-21(35-8-14)26(31,32)33)42-11-16(10-38-42)24-36-12-39-44(24)25(29)30/h1-6,8-13,20,25H,7H2. The van der Waals surface area contributed by atoms with Gasteiger partial charge in [-0.15, -0.1) is 5.10 Å². The van der Waals surface area contributed by atoms with Crippen molar-refractivity contribution in [3.8, 4) is 28.2 Å². The maximum Gasteiger partial charge on any atom is 0.433 e. The summed E-state index contributed by atoms with van der Waals surface area (Å²) in [6.07, 6.45) is 2.90. The lowest BCUT2D eigenvalue weighted by Crippen LogP contribution is -2.16. The third kappa shape index (κ3) is 5.60. The van der Waals surface area contributed by atoms with E-state index in [0.29, 0.717) is 27.2 Å². The Labute approximate surface area is 247 Å². The van der Waals surface area contributed by atoms with Crippen LogP contribution in [-0.4, -0.2) is 54.7 Å². The lowest BCUT2D eigenvalue weighted by atomic mass is 10.0. The summed E-state index contributed by atoms with van der Waals surface area (Å²) < 4.78 is 84.5. The van der Waals surface area contributed by atoms with Gasteiger partial charge in [0.1, 0.15) is 18.3 Å². The number of hydrogen-bond donors (Lipinski definition) is 0. The van der Waals surface area contributed by atoms with E-state index >= 15 is 4.39 Å². The molecule has 6 aromatic rings. The van der Waals surface area contributed by atoms with Gasteiger partial charge in [-0.25, -0.2) is 9.37 Å². The first-order valence-corrected chi connectivity index (χ1v) is 12.9. The molecule has 44 heavy (non-hydrogen) atoms. The van der Waals surface area contributed by atoms with Crippen molar-refractivity contribution in [2.45, 2.75) is 25.2 Å². The lowest BCUT2D eigenvalue weighted by Gasteiger charge is -2.18. The molecule has 6 rings (SSSR count). The van der Waals surface area contributed by atoms with E-state index in [4.69, 9.17) is 11.6 Å². The van der Waals surface area contributed by atoms with Gasteiger partial charge in [0.05, 0.1) is 34.2 Å². The molecule has 0 radical (unpaired) electrons. The van der Waals surface area contributed by atoms with Crippen LogP contribution in [0.2, 0.25) is 5.02 Å². The van der Waals surface area contributed by atoms with E-state index in [-0.39, 0.29) is 28.4 Å². The van der Waals surface area contributed by atoms with E-state index in [1.807, 2.05) is 0 Å². The molecule has 0 fully saturated rings. The summed E-state index contributed by atoms with van der Waals surface area (Å²) >= 11 is 6.06. The number of halogens is 7. The molecule has 0 aliphatic carbocycles. The SMILES string of the molecule is Fc1c(Cl)ccc(-n2cnnn2)c1-c1ccc(C(Cc2ccc(C(F)(F)F)nc2)n2cc(-c3ncnn3C(F)F)cn2)nc1. The Morgan fingerprint density at radius 3 is 2.39 bits per heavy atom. The van der Waals surface area contributed by atoms with Gasteiger partial charge in [0.15, 0.2) is 11.6 Å². The predicted octanol–water partition coefficient (Wildman–Crippen LogP) is 5.61. The Hall–Kier alpha value is -5.19. The number of nitrogens with zero attached hydrogens (tertiary/aromatic N) is 11. The largest absolute Gasteiger partial charge is 0.433 e. The highest BCUT2D eigenvalue weighted by Crippen LogP contribution is 2.34. The number of pyridine rings is 2. The average Bonchev–Trinajstić information content (AvgIpc) is 3.79. The molecule has 0 aliphatic rings. The molecule has 11 nitrogen and oxygen atoms in total. The second kappa shape index (κ2) is 11.5. The van der Waals surface area contributed by atoms with E-state index in [1.165, 1.54) is 52.5 Å². The highest BCUT2D eigenvalue weighted by Gasteiger charge is 2.32. The summed E-state index contributed by atoms with van der Waals surface area (Å²) in [4.78, 5) is 11.9. The molecule has 1 aromatic carbocycles. The second-order valence-electron chi connectivity index (χ2n) is 9.27. The van der Waals surface area contributed by atoms with Gasteiger partial charge in [0.25, 0.3) is 0 Å². The van der Waals surface area contributed by atoms with Crippen LogP contribution in [-0.2, 0) is 12.6 Å². The van der Waals surface area contributed by atoms with Crippen LogP contribution >= 0.6 is 11.6 Å². The fourth-order valence-corrected chi connectivity index (χ4v) is 4.68. The molecule has 0 aliphatic heterocycles. The van der Waals surface area contributed by atoms with Gasteiger partial charge >= 0.3 is 12.7 Å². The van der Waals surface area contributed by atoms with Crippen LogP contribution in [0.3, 0.4) is 0 Å². The maximum absolute atomic E-state index is 15.3. The highest BCUT2D eigenvalue weighted by molar-refractivity contribution is 6.31. The molecule has 0 saturated heterocycles. The number of benzene rings is 1. The Morgan fingerprint density at radius 2 is 1.73 bits per heavy atom. The van der Waals surface area contributed by atoms with Crippen LogP contribution in [0.25, 0.3) is 28.2 Å². The van der Waals surface area contributed by atoms with E-state index in [2.05, 4.69) is 40.7 Å². The fourth-order valence-electron chi connectivity index (χ4n) is 4.52. The topological polar surface area (TPSA) is 118 Å². The van der Waals surface area contributed by atoms with Crippen molar-refractivity contribution in [1.29, 1.82) is 0 Å². The molecule has 1 unspecified atom stereocenters. The first-order valence-electron chi connectivity index (χ1n) is 12.5. The number of hydrogen-bond acceptors (Lipinski definition) is 8. The van der Waals surface area contributed by atoms with Crippen LogP contribution in [0.1, 0.15) is 29.5 Å². The first-order chi connectivity index (χ1) is 21.1. The molecule has 0 bridgehead atoms. The molecule has 5 aromatic heterocycles. The smallest absolute Gasteiger partial charge is 0.263 e. The van der Waals surface area contributed by atoms with Gasteiger partial charge in [-0.2, -0.15) is 41.5 Å². The first kappa shape index (κ1) is 28.9. The molecule has 0 spiro atoms. The van der Waals surface area contributed by atoms with Gasteiger partial charge in [-0.05, 0) is 40.3 Å². The number of alkyl halides is 5.